The van der Waals surface area contributed by atoms with Crippen LogP contribution >= 0.6 is 0 Å². The van der Waals surface area contributed by atoms with Crippen molar-refractivity contribution in [2.24, 2.45) is 0 Å². The van der Waals surface area contributed by atoms with Crippen LogP contribution < -0.4 is 15.5 Å². The van der Waals surface area contributed by atoms with Crippen LogP contribution in [0.4, 0.5) is 10.5 Å². The maximum atomic E-state index is 12.4. The molecule has 0 aromatic heterocycles. The summed E-state index contributed by atoms with van der Waals surface area (Å²) in [6, 6.07) is 5.36. The van der Waals surface area contributed by atoms with Gasteiger partial charge in [-0.15, -0.1) is 0 Å². The molecular formula is C15H21N3O2. The lowest BCUT2D eigenvalue weighted by Crippen LogP contribution is -2.46. The SMILES string of the molecule is CCNC(=O)NC1CCN(c2cc(C)cc(C)c2)C1=O. The number of hydrogen-bond acceptors (Lipinski definition) is 2. The van der Waals surface area contributed by atoms with Crippen LogP contribution in [0.15, 0.2) is 18.2 Å². The van der Waals surface area contributed by atoms with E-state index in [0.29, 0.717) is 19.5 Å². The summed E-state index contributed by atoms with van der Waals surface area (Å²) in [5.74, 6) is -0.0405. The van der Waals surface area contributed by atoms with Gasteiger partial charge in [0, 0.05) is 18.8 Å². The fraction of sp³-hybridized carbons (Fsp3) is 0.467. The highest BCUT2D eigenvalue weighted by molar-refractivity contribution is 6.01. The average Bonchev–Trinajstić information content (AvgIpc) is 2.70. The van der Waals surface area contributed by atoms with Gasteiger partial charge < -0.3 is 15.5 Å². The molecule has 2 rings (SSSR count). The Hall–Kier alpha value is -2.04. The summed E-state index contributed by atoms with van der Waals surface area (Å²) in [5.41, 5.74) is 3.17. The largest absolute Gasteiger partial charge is 0.338 e. The summed E-state index contributed by atoms with van der Waals surface area (Å²) < 4.78 is 0. The molecule has 1 aliphatic rings. The molecular weight excluding hydrogens is 254 g/mol. The number of nitrogens with one attached hydrogen (secondary N) is 2. The van der Waals surface area contributed by atoms with E-state index in [1.807, 2.05) is 32.9 Å². The number of urea groups is 1. The molecule has 1 saturated heterocycles. The molecule has 5 nitrogen and oxygen atoms in total. The van der Waals surface area contributed by atoms with E-state index in [-0.39, 0.29) is 11.9 Å². The molecule has 0 saturated carbocycles. The third-order valence-electron chi connectivity index (χ3n) is 3.37. The van der Waals surface area contributed by atoms with Gasteiger partial charge in [0.05, 0.1) is 0 Å². The normalized spacial score (nSPS) is 18.2. The molecule has 1 aromatic rings. The maximum absolute atomic E-state index is 12.4. The zero-order valence-electron chi connectivity index (χ0n) is 12.2. The van der Waals surface area contributed by atoms with Crippen LogP contribution in [0.2, 0.25) is 0 Å². The summed E-state index contributed by atoms with van der Waals surface area (Å²) in [6.45, 7) is 7.06. The molecule has 0 aliphatic carbocycles. The van der Waals surface area contributed by atoms with Gasteiger partial charge in [-0.05, 0) is 50.5 Å². The minimum absolute atomic E-state index is 0.0405. The van der Waals surface area contributed by atoms with Crippen molar-refractivity contribution in [1.29, 1.82) is 0 Å². The zero-order chi connectivity index (χ0) is 14.7. The number of benzene rings is 1. The predicted octanol–water partition coefficient (Wildman–Crippen LogP) is 1.73. The van der Waals surface area contributed by atoms with Crippen molar-refractivity contribution in [3.05, 3.63) is 29.3 Å². The Morgan fingerprint density at radius 1 is 1.30 bits per heavy atom. The van der Waals surface area contributed by atoms with Crippen molar-refractivity contribution in [1.82, 2.24) is 10.6 Å². The summed E-state index contributed by atoms with van der Waals surface area (Å²) in [7, 11) is 0. The van der Waals surface area contributed by atoms with E-state index in [4.69, 9.17) is 0 Å². The number of nitrogens with zero attached hydrogens (tertiary/aromatic N) is 1. The third-order valence-corrected chi connectivity index (χ3v) is 3.37. The number of amides is 3. The highest BCUT2D eigenvalue weighted by atomic mass is 16.2. The topological polar surface area (TPSA) is 61.4 Å². The molecule has 1 aliphatic heterocycles. The van der Waals surface area contributed by atoms with Crippen molar-refractivity contribution < 1.29 is 9.59 Å². The first kappa shape index (κ1) is 14.4. The summed E-state index contributed by atoms with van der Waals surface area (Å²) >= 11 is 0. The molecule has 1 heterocycles. The van der Waals surface area contributed by atoms with Gasteiger partial charge in [0.2, 0.25) is 5.91 Å². The number of carbonyl (C=O) groups excluding carboxylic acids is 2. The van der Waals surface area contributed by atoms with Crippen LogP contribution in [0.5, 0.6) is 0 Å². The van der Waals surface area contributed by atoms with E-state index >= 15 is 0 Å². The van der Waals surface area contributed by atoms with Crippen LogP contribution in [0.3, 0.4) is 0 Å². The number of hydrogen-bond donors (Lipinski definition) is 2. The molecule has 1 unspecified atom stereocenters. The second kappa shape index (κ2) is 5.94. The minimum atomic E-state index is -0.428. The second-order valence-corrected chi connectivity index (χ2v) is 5.18. The lowest BCUT2D eigenvalue weighted by atomic mass is 10.1. The molecule has 1 fully saturated rings. The molecule has 0 radical (unpaired) electrons. The summed E-state index contributed by atoms with van der Waals surface area (Å²) in [4.78, 5) is 25.6. The molecule has 20 heavy (non-hydrogen) atoms. The minimum Gasteiger partial charge on any atom is -0.338 e. The number of rotatable bonds is 3. The van der Waals surface area contributed by atoms with Gasteiger partial charge in [-0.3, -0.25) is 4.79 Å². The smallest absolute Gasteiger partial charge is 0.315 e. The van der Waals surface area contributed by atoms with Crippen molar-refractivity contribution in [3.63, 3.8) is 0 Å². The van der Waals surface area contributed by atoms with Gasteiger partial charge in [0.1, 0.15) is 6.04 Å². The zero-order valence-corrected chi connectivity index (χ0v) is 12.2. The fourth-order valence-electron chi connectivity index (χ4n) is 2.55. The van der Waals surface area contributed by atoms with E-state index in [9.17, 15) is 9.59 Å². The monoisotopic (exact) mass is 275 g/mol. The lowest BCUT2D eigenvalue weighted by molar-refractivity contribution is -0.118. The van der Waals surface area contributed by atoms with Crippen LogP contribution in [-0.2, 0) is 4.79 Å². The van der Waals surface area contributed by atoms with Crippen molar-refractivity contribution >= 4 is 17.6 Å². The molecule has 1 aromatic carbocycles. The van der Waals surface area contributed by atoms with Gasteiger partial charge in [0.15, 0.2) is 0 Å². The Morgan fingerprint density at radius 2 is 1.95 bits per heavy atom. The highest BCUT2D eigenvalue weighted by Crippen LogP contribution is 2.24. The van der Waals surface area contributed by atoms with Gasteiger partial charge in [-0.2, -0.15) is 0 Å². The third kappa shape index (κ3) is 3.10. The van der Waals surface area contributed by atoms with E-state index in [0.717, 1.165) is 16.8 Å². The van der Waals surface area contributed by atoms with Crippen LogP contribution in [0.1, 0.15) is 24.5 Å². The maximum Gasteiger partial charge on any atom is 0.315 e. The Labute approximate surface area is 119 Å². The Balaban J connectivity index is 2.09. The highest BCUT2D eigenvalue weighted by Gasteiger charge is 2.33. The standard InChI is InChI=1S/C15H21N3O2/c1-4-16-15(20)17-13-5-6-18(14(13)19)12-8-10(2)7-11(3)9-12/h7-9,13H,4-6H2,1-3H3,(H2,16,17,20). The van der Waals surface area contributed by atoms with Gasteiger partial charge in [-0.1, -0.05) is 6.07 Å². The second-order valence-electron chi connectivity index (χ2n) is 5.18. The van der Waals surface area contributed by atoms with Crippen molar-refractivity contribution in [2.75, 3.05) is 18.0 Å². The molecule has 108 valence electrons. The first-order valence-corrected chi connectivity index (χ1v) is 6.95. The quantitative estimate of drug-likeness (QED) is 0.882. The van der Waals surface area contributed by atoms with E-state index in [2.05, 4.69) is 16.7 Å². The summed E-state index contributed by atoms with van der Waals surface area (Å²) in [5, 5.41) is 5.36. The lowest BCUT2D eigenvalue weighted by Gasteiger charge is -2.18. The van der Waals surface area contributed by atoms with Crippen LogP contribution in [0.25, 0.3) is 0 Å². The molecule has 1 atom stereocenters. The summed E-state index contributed by atoms with van der Waals surface area (Å²) in [6.07, 6.45) is 0.642. The Bertz CT molecular complexity index is 508. The molecule has 0 spiro atoms. The van der Waals surface area contributed by atoms with E-state index in [1.165, 1.54) is 0 Å². The Kier molecular flexibility index (Phi) is 4.27. The predicted molar refractivity (Wildman–Crippen MR) is 78.9 cm³/mol. The molecule has 0 bridgehead atoms. The average molecular weight is 275 g/mol. The van der Waals surface area contributed by atoms with Gasteiger partial charge in [0.25, 0.3) is 0 Å². The first-order valence-electron chi connectivity index (χ1n) is 6.95. The molecule has 3 amide bonds. The first-order chi connectivity index (χ1) is 9.51. The van der Waals surface area contributed by atoms with Crippen LogP contribution in [0, 0.1) is 13.8 Å². The van der Waals surface area contributed by atoms with E-state index in [1.54, 1.807) is 4.90 Å². The molecule has 5 heteroatoms. The Morgan fingerprint density at radius 3 is 2.55 bits per heavy atom. The van der Waals surface area contributed by atoms with Crippen molar-refractivity contribution in [2.45, 2.75) is 33.2 Å². The van der Waals surface area contributed by atoms with E-state index < -0.39 is 6.04 Å². The van der Waals surface area contributed by atoms with Gasteiger partial charge in [-0.25, -0.2) is 4.79 Å². The number of anilines is 1. The van der Waals surface area contributed by atoms with Gasteiger partial charge >= 0.3 is 6.03 Å². The molecule has 2 N–H and O–H groups in total. The number of aryl methyl sites for hydroxylation is 2. The van der Waals surface area contributed by atoms with Crippen LogP contribution in [-0.4, -0.2) is 31.1 Å². The number of carbonyl (C=O) groups is 2. The van der Waals surface area contributed by atoms with Crippen molar-refractivity contribution in [3.8, 4) is 0 Å². The fourth-order valence-corrected chi connectivity index (χ4v) is 2.55.